The van der Waals surface area contributed by atoms with E-state index in [1.165, 1.54) is 30.2 Å². The van der Waals surface area contributed by atoms with Crippen LogP contribution in [0.1, 0.15) is 117 Å². The van der Waals surface area contributed by atoms with Crippen LogP contribution in [0.5, 0.6) is 11.6 Å². The fourth-order valence-corrected chi connectivity index (χ4v) is 10.7. The molecule has 63 heavy (non-hydrogen) atoms. The van der Waals surface area contributed by atoms with Crippen molar-refractivity contribution in [2.24, 2.45) is 23.2 Å². The molecule has 6 unspecified atom stereocenters. The second-order valence-electron chi connectivity index (χ2n) is 20.1. The van der Waals surface area contributed by atoms with Gasteiger partial charge in [0.15, 0.2) is 0 Å². The van der Waals surface area contributed by atoms with Crippen LogP contribution in [0.2, 0.25) is 0 Å². The van der Waals surface area contributed by atoms with Crippen LogP contribution in [0.4, 0.5) is 4.79 Å². The molecule has 15 nitrogen and oxygen atoms in total. The number of ether oxygens (including phenoxy) is 2. The van der Waals surface area contributed by atoms with E-state index >= 15 is 0 Å². The number of hydrogen-bond donors (Lipinski definition) is 4. The van der Waals surface area contributed by atoms with E-state index in [9.17, 15) is 32.7 Å². The van der Waals surface area contributed by atoms with Gasteiger partial charge < -0.3 is 35.0 Å². The molecule has 3 aliphatic carbocycles. The Balaban J connectivity index is 1.19. The Morgan fingerprint density at radius 3 is 2.46 bits per heavy atom. The van der Waals surface area contributed by atoms with Crippen molar-refractivity contribution in [3.8, 4) is 11.6 Å². The number of fused-ring (bicyclic) bond motifs is 1. The van der Waals surface area contributed by atoms with Crippen molar-refractivity contribution >= 4 is 44.7 Å². The van der Waals surface area contributed by atoms with E-state index in [0.29, 0.717) is 43.2 Å². The summed E-state index contributed by atoms with van der Waals surface area (Å²) in [6, 6.07) is 5.39. The first-order valence-corrected chi connectivity index (χ1v) is 24.6. The number of carbonyl (C=O) groups is 4. The average molecular weight is 893 g/mol. The van der Waals surface area contributed by atoms with Gasteiger partial charge in [0, 0.05) is 30.2 Å². The summed E-state index contributed by atoms with van der Waals surface area (Å²) in [5.74, 6) is -0.427. The van der Waals surface area contributed by atoms with E-state index in [-0.39, 0.29) is 19.4 Å². The molecule has 2 aliphatic heterocycles. The number of hydrogen-bond acceptors (Lipinski definition) is 10. The molecule has 2 aromatic rings. The molecule has 6 atom stereocenters. The quantitative estimate of drug-likeness (QED) is 0.0906. The van der Waals surface area contributed by atoms with Crippen molar-refractivity contribution in [3.63, 3.8) is 0 Å². The van der Waals surface area contributed by atoms with Crippen molar-refractivity contribution in [1.29, 1.82) is 0 Å². The first-order valence-electron chi connectivity index (χ1n) is 23.1. The lowest BCUT2D eigenvalue weighted by atomic mass is 9.85. The number of sulfonamides is 1. The van der Waals surface area contributed by atoms with Gasteiger partial charge in [-0.3, -0.25) is 19.1 Å². The molecule has 1 aromatic heterocycles. The molecular weight excluding hydrogens is 825 g/mol. The number of piperidine rings is 1. The first-order chi connectivity index (χ1) is 29.9. The average Bonchev–Trinajstić information content (AvgIpc) is 4.19. The smallest absolute Gasteiger partial charge is 0.405 e. The number of nitrogens with one attached hydrogen (secondary N) is 3. The van der Waals surface area contributed by atoms with E-state index < -0.39 is 73.6 Å². The van der Waals surface area contributed by atoms with Gasteiger partial charge in [-0.1, -0.05) is 78.0 Å². The van der Waals surface area contributed by atoms with Crippen LogP contribution < -0.4 is 24.8 Å². The third kappa shape index (κ3) is 10.6. The summed E-state index contributed by atoms with van der Waals surface area (Å²) in [4.78, 5) is 63.8. The molecule has 0 bridgehead atoms. The molecule has 1 aromatic carbocycles. The Labute approximate surface area is 372 Å². The number of amides is 4. The Morgan fingerprint density at radius 2 is 1.81 bits per heavy atom. The number of unbranched alkanes of at least 4 members (excludes halogenated alkanes) is 2. The maximum atomic E-state index is 14.6. The van der Waals surface area contributed by atoms with Crippen LogP contribution in [-0.2, 0) is 30.8 Å². The Hall–Kier alpha value is -4.44. The Morgan fingerprint density at radius 1 is 1.06 bits per heavy atom. The molecule has 0 radical (unpaired) electrons. The molecule has 4 amide bonds. The van der Waals surface area contributed by atoms with Crippen LogP contribution in [0.3, 0.4) is 0 Å². The number of benzene rings is 1. The maximum Gasteiger partial charge on any atom is 0.405 e. The fourth-order valence-electron chi connectivity index (χ4n) is 9.37. The number of nitrogens with zero attached hydrogens (tertiary/aromatic N) is 3. The second-order valence-corrected chi connectivity index (χ2v) is 22.3. The summed E-state index contributed by atoms with van der Waals surface area (Å²) in [5.41, 5.74) is -0.967. The number of carboxylic acid groups (broad SMARTS) is 1. The zero-order valence-electron chi connectivity index (χ0n) is 37.7. The zero-order valence-corrected chi connectivity index (χ0v) is 38.6. The summed E-state index contributed by atoms with van der Waals surface area (Å²) < 4.78 is 41.2. The summed E-state index contributed by atoms with van der Waals surface area (Å²) >= 11 is 0. The predicted octanol–water partition coefficient (Wildman–Crippen LogP) is 5.95. The molecule has 5 fully saturated rings. The van der Waals surface area contributed by atoms with Crippen LogP contribution >= 0.6 is 0 Å². The highest BCUT2D eigenvalue weighted by Crippen LogP contribution is 2.47. The van der Waals surface area contributed by atoms with E-state index in [4.69, 9.17) is 14.5 Å². The lowest BCUT2D eigenvalue weighted by molar-refractivity contribution is -0.142. The lowest BCUT2D eigenvalue weighted by Gasteiger charge is -2.35. The van der Waals surface area contributed by atoms with Gasteiger partial charge in [0.2, 0.25) is 27.7 Å². The molecular formula is C47H68N6O9S. The van der Waals surface area contributed by atoms with E-state index in [1.807, 2.05) is 24.3 Å². The number of pyridine rings is 1. The topological polar surface area (TPSA) is 197 Å². The lowest BCUT2D eigenvalue weighted by Crippen LogP contribution is -2.60. The standard InChI is InChI=1S/C47H68N6O9S/c1-7-32-26-47(32,43(56)51-63(59,60)46(6)22-23-46)50-40(54)37-25-33(28-53(37)42(55)39(45(3,4)5)49-44(57)58)62-41-35(18-11-9-10-15-30-20-21-30)38(34-17-12-13-19-36(34)48-41)61-29-31-16-14-24-52(8-2)27-31/h7,12-13,17,19,30-33,37,39,49H,1,8-11,14-16,18,20-29H2,2-6H3,(H,50,54)(H,51,56)(H,57,58). The number of rotatable bonds is 20. The first kappa shape index (κ1) is 46.5. The van der Waals surface area contributed by atoms with Crippen LogP contribution in [0.25, 0.3) is 10.9 Å². The third-order valence-electron chi connectivity index (χ3n) is 14.0. The van der Waals surface area contributed by atoms with Crippen LogP contribution in [0.15, 0.2) is 36.9 Å². The van der Waals surface area contributed by atoms with Gasteiger partial charge >= 0.3 is 6.09 Å². The number of aromatic nitrogens is 1. The predicted molar refractivity (Wildman–Crippen MR) is 240 cm³/mol. The molecule has 7 rings (SSSR count). The molecule has 5 aliphatic rings. The largest absolute Gasteiger partial charge is 0.492 e. The van der Waals surface area contributed by atoms with E-state index in [1.54, 1.807) is 27.7 Å². The van der Waals surface area contributed by atoms with Gasteiger partial charge in [-0.15, -0.1) is 6.58 Å². The fraction of sp³-hybridized carbons (Fsp3) is 0.681. The summed E-state index contributed by atoms with van der Waals surface area (Å²) in [5, 5.41) is 15.9. The maximum absolute atomic E-state index is 14.6. The van der Waals surface area contributed by atoms with E-state index in [2.05, 4.69) is 33.8 Å². The summed E-state index contributed by atoms with van der Waals surface area (Å²) in [6.07, 6.45) is 10.1. The molecule has 0 spiro atoms. The highest BCUT2D eigenvalue weighted by Gasteiger charge is 2.63. The highest BCUT2D eigenvalue weighted by molar-refractivity contribution is 7.91. The zero-order chi connectivity index (χ0) is 45.3. The van der Waals surface area contributed by atoms with Gasteiger partial charge in [-0.05, 0) is 88.4 Å². The van der Waals surface area contributed by atoms with Crippen molar-refractivity contribution in [2.75, 3.05) is 32.8 Å². The molecule has 3 saturated carbocycles. The second kappa shape index (κ2) is 18.6. The minimum absolute atomic E-state index is 0.00517. The summed E-state index contributed by atoms with van der Waals surface area (Å²) in [7, 11) is -4.02. The number of carbonyl (C=O) groups excluding carboxylic acids is 3. The van der Waals surface area contributed by atoms with Crippen molar-refractivity contribution in [3.05, 3.63) is 42.5 Å². The molecule has 2 saturated heterocycles. The van der Waals surface area contributed by atoms with Crippen LogP contribution in [0, 0.1) is 23.2 Å². The van der Waals surface area contributed by atoms with Crippen molar-refractivity contribution < 1.29 is 42.2 Å². The summed E-state index contributed by atoms with van der Waals surface area (Å²) in [6.45, 7) is 16.3. The van der Waals surface area contributed by atoms with Crippen LogP contribution in [-0.4, -0.2) is 113 Å². The van der Waals surface area contributed by atoms with Crippen molar-refractivity contribution in [2.45, 2.75) is 147 Å². The third-order valence-corrected chi connectivity index (χ3v) is 16.2. The van der Waals surface area contributed by atoms with Gasteiger partial charge in [0.25, 0.3) is 5.91 Å². The van der Waals surface area contributed by atoms with E-state index in [0.717, 1.165) is 74.4 Å². The van der Waals surface area contributed by atoms with Gasteiger partial charge in [-0.2, -0.15) is 0 Å². The van der Waals surface area contributed by atoms with Gasteiger partial charge in [0.05, 0.1) is 29.0 Å². The molecule has 16 heteroatoms. The number of likely N-dealkylation sites (tertiary alicyclic amines) is 2. The monoisotopic (exact) mass is 892 g/mol. The Kier molecular flexibility index (Phi) is 13.7. The molecule has 4 N–H and O–H groups in total. The highest BCUT2D eigenvalue weighted by atomic mass is 32.2. The molecule has 3 heterocycles. The minimum Gasteiger partial charge on any atom is -0.492 e. The molecule has 346 valence electrons. The van der Waals surface area contributed by atoms with Gasteiger partial charge in [-0.25, -0.2) is 18.2 Å². The normalized spacial score (nSPS) is 26.1. The Bertz CT molecular complexity index is 2170. The van der Waals surface area contributed by atoms with Gasteiger partial charge in [0.1, 0.15) is 29.5 Å². The SMILES string of the molecule is C=CC1CC1(NC(=O)C1CC(Oc2nc3ccccc3c(OCC3CCCN(CC)C3)c2CCCCCC2CC2)CN1C(=O)C(NC(=O)O)C(C)(C)C)C(=O)NS(=O)(=O)C1(C)CC1. The number of para-hydroxylation sites is 1. The minimum atomic E-state index is -4.02. The van der Waals surface area contributed by atoms with Crippen molar-refractivity contribution in [1.82, 2.24) is 30.1 Å².